The van der Waals surface area contributed by atoms with Gasteiger partial charge in [-0.05, 0) is 24.8 Å². The highest BCUT2D eigenvalue weighted by Crippen LogP contribution is 2.38. The molecule has 0 saturated heterocycles. The zero-order valence-corrected chi connectivity index (χ0v) is 12.3. The molecule has 1 aliphatic heterocycles. The fourth-order valence-corrected chi connectivity index (χ4v) is 3.16. The van der Waals surface area contributed by atoms with Crippen LogP contribution in [0.2, 0.25) is 5.02 Å². The molecule has 1 saturated carbocycles. The lowest BCUT2D eigenvalue weighted by atomic mass is 9.86. The summed E-state index contributed by atoms with van der Waals surface area (Å²) < 4.78 is 5.44. The van der Waals surface area contributed by atoms with Gasteiger partial charge in [-0.25, -0.2) is 0 Å². The standard InChI is InChI=1S/C15H19ClN2O2/c1-9-4-2-3-5-11(9)17-12-7-14-13(6-10(12)16)18-15(19)8-20-14/h6-7,9,11,17H,2-5,8H2,1H3,(H,18,19). The highest BCUT2D eigenvalue weighted by atomic mass is 35.5. The maximum absolute atomic E-state index is 11.3. The molecule has 0 spiro atoms. The Bertz CT molecular complexity index is 533. The summed E-state index contributed by atoms with van der Waals surface area (Å²) in [4.78, 5) is 11.3. The molecule has 1 aliphatic carbocycles. The van der Waals surface area contributed by atoms with Gasteiger partial charge in [-0.2, -0.15) is 0 Å². The molecule has 3 rings (SSSR count). The van der Waals surface area contributed by atoms with Crippen LogP contribution in [0.3, 0.4) is 0 Å². The summed E-state index contributed by atoms with van der Waals surface area (Å²) in [5.41, 5.74) is 1.54. The zero-order valence-electron chi connectivity index (χ0n) is 11.5. The molecule has 108 valence electrons. The second-order valence-electron chi connectivity index (χ2n) is 5.68. The number of carbonyl (C=O) groups is 1. The van der Waals surface area contributed by atoms with Crippen molar-refractivity contribution in [2.45, 2.75) is 38.6 Å². The monoisotopic (exact) mass is 294 g/mol. The largest absolute Gasteiger partial charge is 0.482 e. The minimum absolute atomic E-state index is 0.0634. The average Bonchev–Trinajstić information content (AvgIpc) is 2.42. The first kappa shape index (κ1) is 13.6. The number of hydrogen-bond acceptors (Lipinski definition) is 3. The van der Waals surface area contributed by atoms with Gasteiger partial charge in [0, 0.05) is 12.1 Å². The quantitative estimate of drug-likeness (QED) is 0.875. The van der Waals surface area contributed by atoms with E-state index >= 15 is 0 Å². The second kappa shape index (κ2) is 5.52. The van der Waals surface area contributed by atoms with Crippen LogP contribution in [0, 0.1) is 5.92 Å². The van der Waals surface area contributed by atoms with E-state index in [1.807, 2.05) is 6.07 Å². The Balaban J connectivity index is 1.81. The van der Waals surface area contributed by atoms with E-state index in [1.165, 1.54) is 25.7 Å². The molecule has 2 N–H and O–H groups in total. The predicted octanol–water partition coefficient (Wildman–Crippen LogP) is 3.66. The molecule has 1 aromatic rings. The Kier molecular flexibility index (Phi) is 3.74. The van der Waals surface area contributed by atoms with Gasteiger partial charge in [0.2, 0.25) is 0 Å². The number of benzene rings is 1. The van der Waals surface area contributed by atoms with Crippen molar-refractivity contribution in [3.8, 4) is 5.75 Å². The lowest BCUT2D eigenvalue weighted by Gasteiger charge is -2.31. The third kappa shape index (κ3) is 2.70. The van der Waals surface area contributed by atoms with Gasteiger partial charge < -0.3 is 15.4 Å². The van der Waals surface area contributed by atoms with E-state index in [4.69, 9.17) is 16.3 Å². The maximum atomic E-state index is 11.3. The number of anilines is 2. The number of rotatable bonds is 2. The molecule has 1 amide bonds. The van der Waals surface area contributed by atoms with Crippen molar-refractivity contribution >= 4 is 28.9 Å². The van der Waals surface area contributed by atoms with Crippen molar-refractivity contribution in [2.75, 3.05) is 17.2 Å². The van der Waals surface area contributed by atoms with Crippen LogP contribution in [0.4, 0.5) is 11.4 Å². The van der Waals surface area contributed by atoms with E-state index in [0.717, 1.165) is 5.69 Å². The van der Waals surface area contributed by atoms with Crippen LogP contribution in [-0.4, -0.2) is 18.6 Å². The van der Waals surface area contributed by atoms with Crippen molar-refractivity contribution in [2.24, 2.45) is 5.92 Å². The summed E-state index contributed by atoms with van der Waals surface area (Å²) in [7, 11) is 0. The highest BCUT2D eigenvalue weighted by molar-refractivity contribution is 6.33. The number of carbonyl (C=O) groups excluding carboxylic acids is 1. The smallest absolute Gasteiger partial charge is 0.262 e. The summed E-state index contributed by atoms with van der Waals surface area (Å²) in [5.74, 6) is 1.19. The van der Waals surface area contributed by atoms with Gasteiger partial charge in [-0.3, -0.25) is 4.79 Å². The molecule has 2 unspecified atom stereocenters. The predicted molar refractivity (Wildman–Crippen MR) is 80.6 cm³/mol. The first-order valence-corrected chi connectivity index (χ1v) is 7.54. The Morgan fingerprint density at radius 1 is 1.35 bits per heavy atom. The van der Waals surface area contributed by atoms with Crippen LogP contribution in [0.1, 0.15) is 32.6 Å². The second-order valence-corrected chi connectivity index (χ2v) is 6.08. The third-order valence-electron chi connectivity index (χ3n) is 4.15. The average molecular weight is 295 g/mol. The van der Waals surface area contributed by atoms with E-state index in [-0.39, 0.29) is 12.5 Å². The molecule has 2 atom stereocenters. The number of hydrogen-bond donors (Lipinski definition) is 2. The molecule has 20 heavy (non-hydrogen) atoms. The first-order chi connectivity index (χ1) is 9.63. The minimum Gasteiger partial charge on any atom is -0.482 e. The molecule has 0 aromatic heterocycles. The summed E-state index contributed by atoms with van der Waals surface area (Å²) in [5, 5.41) is 6.92. The lowest BCUT2D eigenvalue weighted by molar-refractivity contribution is -0.118. The maximum Gasteiger partial charge on any atom is 0.262 e. The summed E-state index contributed by atoms with van der Waals surface area (Å²) >= 11 is 6.31. The minimum atomic E-state index is -0.143. The molecule has 0 radical (unpaired) electrons. The van der Waals surface area contributed by atoms with Gasteiger partial charge >= 0.3 is 0 Å². The number of halogens is 1. The Hall–Kier alpha value is -1.42. The molecular weight excluding hydrogens is 276 g/mol. The number of nitrogens with one attached hydrogen (secondary N) is 2. The van der Waals surface area contributed by atoms with Gasteiger partial charge in [0.15, 0.2) is 6.61 Å². The molecule has 1 fully saturated rings. The first-order valence-electron chi connectivity index (χ1n) is 7.16. The molecule has 0 bridgehead atoms. The summed E-state index contributed by atoms with van der Waals surface area (Å²) in [6.45, 7) is 2.34. The normalized spacial score (nSPS) is 25.4. The fraction of sp³-hybridized carbons (Fsp3) is 0.533. The van der Waals surface area contributed by atoms with Gasteiger partial charge in [0.25, 0.3) is 5.91 Å². The summed E-state index contributed by atoms with van der Waals surface area (Å²) in [6, 6.07) is 4.10. The van der Waals surface area contributed by atoms with Crippen molar-refractivity contribution < 1.29 is 9.53 Å². The topological polar surface area (TPSA) is 50.4 Å². The molecule has 5 heteroatoms. The number of amides is 1. The Morgan fingerprint density at radius 3 is 2.95 bits per heavy atom. The van der Waals surface area contributed by atoms with Crippen LogP contribution in [-0.2, 0) is 4.79 Å². The van der Waals surface area contributed by atoms with E-state index in [0.29, 0.717) is 28.4 Å². The van der Waals surface area contributed by atoms with Crippen molar-refractivity contribution in [3.05, 3.63) is 17.2 Å². The lowest BCUT2D eigenvalue weighted by Crippen LogP contribution is -2.30. The van der Waals surface area contributed by atoms with Gasteiger partial charge in [-0.15, -0.1) is 0 Å². The number of fused-ring (bicyclic) bond motifs is 1. The van der Waals surface area contributed by atoms with Gasteiger partial charge in [0.1, 0.15) is 5.75 Å². The van der Waals surface area contributed by atoms with Crippen LogP contribution in [0.15, 0.2) is 12.1 Å². The van der Waals surface area contributed by atoms with Crippen LogP contribution >= 0.6 is 11.6 Å². The van der Waals surface area contributed by atoms with Crippen LogP contribution in [0.5, 0.6) is 5.75 Å². The van der Waals surface area contributed by atoms with Crippen molar-refractivity contribution in [1.29, 1.82) is 0 Å². The molecule has 1 aromatic carbocycles. The van der Waals surface area contributed by atoms with Crippen molar-refractivity contribution in [3.63, 3.8) is 0 Å². The van der Waals surface area contributed by atoms with Crippen LogP contribution in [0.25, 0.3) is 0 Å². The highest BCUT2D eigenvalue weighted by Gasteiger charge is 2.23. The van der Waals surface area contributed by atoms with E-state index in [1.54, 1.807) is 6.07 Å². The SMILES string of the molecule is CC1CCCCC1Nc1cc2c(cc1Cl)NC(=O)CO2. The van der Waals surface area contributed by atoms with E-state index in [2.05, 4.69) is 17.6 Å². The molecule has 2 aliphatic rings. The zero-order chi connectivity index (χ0) is 14.1. The van der Waals surface area contributed by atoms with Crippen LogP contribution < -0.4 is 15.4 Å². The molecular formula is C15H19ClN2O2. The van der Waals surface area contributed by atoms with E-state index < -0.39 is 0 Å². The van der Waals surface area contributed by atoms with Crippen molar-refractivity contribution in [1.82, 2.24) is 0 Å². The molecule has 4 nitrogen and oxygen atoms in total. The van der Waals surface area contributed by atoms with Gasteiger partial charge in [-0.1, -0.05) is 31.4 Å². The Morgan fingerprint density at radius 2 is 2.15 bits per heavy atom. The number of ether oxygens (including phenoxy) is 1. The van der Waals surface area contributed by atoms with Gasteiger partial charge in [0.05, 0.1) is 16.4 Å². The summed E-state index contributed by atoms with van der Waals surface area (Å²) in [6.07, 6.45) is 5.00. The third-order valence-corrected chi connectivity index (χ3v) is 4.47. The Labute approximate surface area is 123 Å². The van der Waals surface area contributed by atoms with E-state index in [9.17, 15) is 4.79 Å². The fourth-order valence-electron chi connectivity index (χ4n) is 2.94. The molecule has 1 heterocycles.